The van der Waals surface area contributed by atoms with E-state index in [1.807, 2.05) is 30.3 Å². The highest BCUT2D eigenvalue weighted by atomic mass is 15.2. The maximum Gasteiger partial charge on any atom is 0.140 e. The molecular weight excluding hydrogens is 226 g/mol. The van der Waals surface area contributed by atoms with E-state index in [2.05, 4.69) is 27.3 Å². The number of anilines is 1. The number of rotatable bonds is 5. The van der Waals surface area contributed by atoms with Crippen molar-refractivity contribution in [2.24, 2.45) is 5.84 Å². The van der Waals surface area contributed by atoms with E-state index in [0.29, 0.717) is 5.82 Å². The standard InChI is InChI=1S/C13H17N5/c1-18(9-11-5-7-15-8-6-11)10-12-3-2-4-13(16-12)17-14/h2-8H,9-10,14H2,1H3,(H,16,17). The molecule has 0 aliphatic rings. The summed E-state index contributed by atoms with van der Waals surface area (Å²) < 4.78 is 0. The lowest BCUT2D eigenvalue weighted by atomic mass is 10.2. The molecule has 0 amide bonds. The zero-order chi connectivity index (χ0) is 12.8. The summed E-state index contributed by atoms with van der Waals surface area (Å²) in [5.74, 6) is 6.03. The van der Waals surface area contributed by atoms with Gasteiger partial charge < -0.3 is 5.43 Å². The van der Waals surface area contributed by atoms with Crippen molar-refractivity contribution in [2.45, 2.75) is 13.1 Å². The van der Waals surface area contributed by atoms with Gasteiger partial charge in [-0.05, 0) is 36.9 Å². The molecule has 94 valence electrons. The Bertz CT molecular complexity index is 486. The minimum Gasteiger partial charge on any atom is -0.308 e. The molecule has 18 heavy (non-hydrogen) atoms. The van der Waals surface area contributed by atoms with Crippen LogP contribution in [0, 0.1) is 0 Å². The Morgan fingerprint density at radius 3 is 2.67 bits per heavy atom. The van der Waals surface area contributed by atoms with Crippen LogP contribution in [0.25, 0.3) is 0 Å². The van der Waals surface area contributed by atoms with Crippen molar-refractivity contribution < 1.29 is 0 Å². The van der Waals surface area contributed by atoms with Crippen LogP contribution in [-0.4, -0.2) is 21.9 Å². The molecule has 0 radical (unpaired) electrons. The van der Waals surface area contributed by atoms with Gasteiger partial charge in [0, 0.05) is 25.5 Å². The molecule has 0 fully saturated rings. The molecule has 5 heteroatoms. The van der Waals surface area contributed by atoms with E-state index in [0.717, 1.165) is 18.8 Å². The van der Waals surface area contributed by atoms with Crippen LogP contribution in [-0.2, 0) is 13.1 Å². The van der Waals surface area contributed by atoms with Gasteiger partial charge in [-0.15, -0.1) is 0 Å². The summed E-state index contributed by atoms with van der Waals surface area (Å²) in [5, 5.41) is 0. The smallest absolute Gasteiger partial charge is 0.140 e. The topological polar surface area (TPSA) is 67.1 Å². The largest absolute Gasteiger partial charge is 0.308 e. The number of nitrogens with zero attached hydrogens (tertiary/aromatic N) is 3. The van der Waals surface area contributed by atoms with Crippen LogP contribution in [0.2, 0.25) is 0 Å². The van der Waals surface area contributed by atoms with Gasteiger partial charge in [0.05, 0.1) is 5.69 Å². The Hall–Kier alpha value is -1.98. The molecule has 5 nitrogen and oxygen atoms in total. The van der Waals surface area contributed by atoms with Gasteiger partial charge in [0.25, 0.3) is 0 Å². The minimum absolute atomic E-state index is 0.685. The van der Waals surface area contributed by atoms with E-state index >= 15 is 0 Å². The Labute approximate surface area is 107 Å². The van der Waals surface area contributed by atoms with Crippen molar-refractivity contribution in [3.05, 3.63) is 54.0 Å². The van der Waals surface area contributed by atoms with E-state index < -0.39 is 0 Å². The fourth-order valence-electron chi connectivity index (χ4n) is 1.78. The molecular formula is C13H17N5. The van der Waals surface area contributed by atoms with Crippen molar-refractivity contribution in [3.63, 3.8) is 0 Å². The van der Waals surface area contributed by atoms with Gasteiger partial charge in [0.2, 0.25) is 0 Å². The van der Waals surface area contributed by atoms with Gasteiger partial charge in [0.15, 0.2) is 0 Å². The normalized spacial score (nSPS) is 10.6. The fourth-order valence-corrected chi connectivity index (χ4v) is 1.78. The maximum atomic E-state index is 5.34. The van der Waals surface area contributed by atoms with Crippen LogP contribution in [0.4, 0.5) is 5.82 Å². The molecule has 0 saturated heterocycles. The first-order valence-electron chi connectivity index (χ1n) is 5.78. The van der Waals surface area contributed by atoms with Crippen LogP contribution >= 0.6 is 0 Å². The van der Waals surface area contributed by atoms with Crippen molar-refractivity contribution >= 4 is 5.82 Å². The first-order valence-corrected chi connectivity index (χ1v) is 5.78. The highest BCUT2D eigenvalue weighted by molar-refractivity contribution is 5.33. The third-order valence-electron chi connectivity index (χ3n) is 2.59. The Morgan fingerprint density at radius 1 is 1.17 bits per heavy atom. The highest BCUT2D eigenvalue weighted by Crippen LogP contribution is 2.08. The minimum atomic E-state index is 0.685. The zero-order valence-electron chi connectivity index (χ0n) is 10.4. The summed E-state index contributed by atoms with van der Waals surface area (Å²) >= 11 is 0. The predicted octanol–water partition coefficient (Wildman–Crippen LogP) is 1.39. The van der Waals surface area contributed by atoms with Crippen molar-refractivity contribution in [2.75, 3.05) is 12.5 Å². The fraction of sp³-hybridized carbons (Fsp3) is 0.231. The third kappa shape index (κ3) is 3.51. The molecule has 0 atom stereocenters. The molecule has 0 unspecified atom stereocenters. The lowest BCUT2D eigenvalue weighted by Gasteiger charge is -2.16. The summed E-state index contributed by atoms with van der Waals surface area (Å²) in [7, 11) is 2.06. The van der Waals surface area contributed by atoms with Gasteiger partial charge in [-0.1, -0.05) is 6.07 Å². The molecule has 0 saturated carbocycles. The van der Waals surface area contributed by atoms with Crippen LogP contribution < -0.4 is 11.3 Å². The summed E-state index contributed by atoms with van der Waals surface area (Å²) in [5.41, 5.74) is 4.78. The van der Waals surface area contributed by atoms with Gasteiger partial charge >= 0.3 is 0 Å². The first-order chi connectivity index (χ1) is 8.78. The van der Waals surface area contributed by atoms with Crippen LogP contribution in [0.3, 0.4) is 0 Å². The number of nitrogens with one attached hydrogen (secondary N) is 1. The van der Waals surface area contributed by atoms with Crippen molar-refractivity contribution in [1.82, 2.24) is 14.9 Å². The number of nitrogen functional groups attached to an aromatic ring is 1. The Balaban J connectivity index is 1.96. The van der Waals surface area contributed by atoms with E-state index in [4.69, 9.17) is 5.84 Å². The quantitative estimate of drug-likeness (QED) is 0.613. The second kappa shape index (κ2) is 6.09. The maximum absolute atomic E-state index is 5.34. The number of nitrogens with two attached hydrogens (primary N) is 1. The van der Waals surface area contributed by atoms with E-state index in [9.17, 15) is 0 Å². The Morgan fingerprint density at radius 2 is 1.94 bits per heavy atom. The van der Waals surface area contributed by atoms with Gasteiger partial charge in [-0.25, -0.2) is 10.8 Å². The lowest BCUT2D eigenvalue weighted by Crippen LogP contribution is -2.18. The van der Waals surface area contributed by atoms with Gasteiger partial charge in [-0.3, -0.25) is 9.88 Å². The summed E-state index contributed by atoms with van der Waals surface area (Å²) in [6, 6.07) is 9.80. The molecule has 2 aromatic heterocycles. The monoisotopic (exact) mass is 243 g/mol. The first kappa shape index (κ1) is 12.5. The number of aromatic nitrogens is 2. The molecule has 2 aromatic rings. The zero-order valence-corrected chi connectivity index (χ0v) is 10.4. The molecule has 0 bridgehead atoms. The molecule has 0 spiro atoms. The van der Waals surface area contributed by atoms with Gasteiger partial charge in [-0.2, -0.15) is 0 Å². The van der Waals surface area contributed by atoms with E-state index in [1.165, 1.54) is 5.56 Å². The molecule has 2 heterocycles. The van der Waals surface area contributed by atoms with Crippen molar-refractivity contribution in [3.8, 4) is 0 Å². The Kier molecular flexibility index (Phi) is 4.22. The summed E-state index contributed by atoms with van der Waals surface area (Å²) in [6.07, 6.45) is 3.61. The second-order valence-electron chi connectivity index (χ2n) is 4.19. The van der Waals surface area contributed by atoms with E-state index in [-0.39, 0.29) is 0 Å². The van der Waals surface area contributed by atoms with Crippen LogP contribution in [0.5, 0.6) is 0 Å². The molecule has 2 rings (SSSR count). The average Bonchev–Trinajstić information content (AvgIpc) is 2.40. The molecule has 0 aliphatic heterocycles. The lowest BCUT2D eigenvalue weighted by molar-refractivity contribution is 0.315. The van der Waals surface area contributed by atoms with Crippen LogP contribution in [0.15, 0.2) is 42.7 Å². The third-order valence-corrected chi connectivity index (χ3v) is 2.59. The molecule has 0 aliphatic carbocycles. The number of pyridine rings is 2. The second-order valence-corrected chi connectivity index (χ2v) is 4.19. The SMILES string of the molecule is CN(Cc1ccncc1)Cc1cccc(NN)n1. The number of hydrogen-bond acceptors (Lipinski definition) is 5. The molecule has 3 N–H and O–H groups in total. The number of hydrazine groups is 1. The number of hydrogen-bond donors (Lipinski definition) is 2. The molecule has 0 aromatic carbocycles. The average molecular weight is 243 g/mol. The van der Waals surface area contributed by atoms with E-state index in [1.54, 1.807) is 12.4 Å². The van der Waals surface area contributed by atoms with Crippen molar-refractivity contribution in [1.29, 1.82) is 0 Å². The predicted molar refractivity (Wildman–Crippen MR) is 71.5 cm³/mol. The highest BCUT2D eigenvalue weighted by Gasteiger charge is 2.03. The van der Waals surface area contributed by atoms with Crippen LogP contribution in [0.1, 0.15) is 11.3 Å². The van der Waals surface area contributed by atoms with Gasteiger partial charge in [0.1, 0.15) is 5.82 Å². The summed E-state index contributed by atoms with van der Waals surface area (Å²) in [6.45, 7) is 1.64. The summed E-state index contributed by atoms with van der Waals surface area (Å²) in [4.78, 5) is 10.6.